The van der Waals surface area contributed by atoms with E-state index >= 15 is 0 Å². The molecule has 1 aliphatic heterocycles. The smallest absolute Gasteiger partial charge is 0.229 e. The molecule has 22 heavy (non-hydrogen) atoms. The summed E-state index contributed by atoms with van der Waals surface area (Å²) in [5.41, 5.74) is 3.51. The van der Waals surface area contributed by atoms with Crippen molar-refractivity contribution in [2.24, 2.45) is 0 Å². The van der Waals surface area contributed by atoms with Gasteiger partial charge in [0.05, 0.1) is 0 Å². The third kappa shape index (κ3) is 2.84. The van der Waals surface area contributed by atoms with Crippen LogP contribution in [-0.2, 0) is 11.2 Å². The van der Waals surface area contributed by atoms with E-state index in [0.717, 1.165) is 24.3 Å². The Morgan fingerprint density at radius 1 is 1.14 bits per heavy atom. The van der Waals surface area contributed by atoms with Crippen molar-refractivity contribution in [3.05, 3.63) is 60.2 Å². The number of hydrogen-bond acceptors (Lipinski definition) is 2. The highest BCUT2D eigenvalue weighted by Crippen LogP contribution is 2.32. The Hall–Kier alpha value is -2.29. The fourth-order valence-electron chi connectivity index (χ4n) is 3.14. The number of para-hydroxylation sites is 2. The van der Waals surface area contributed by atoms with Gasteiger partial charge in [0.25, 0.3) is 0 Å². The SMILES string of the molecule is CC1Cc2ccccc2N1C(=O)CCN(C)c1ccccc1. The first-order chi connectivity index (χ1) is 10.7. The van der Waals surface area contributed by atoms with Gasteiger partial charge in [-0.2, -0.15) is 0 Å². The van der Waals surface area contributed by atoms with Gasteiger partial charge in [-0.15, -0.1) is 0 Å². The lowest BCUT2D eigenvalue weighted by atomic mass is 10.1. The largest absolute Gasteiger partial charge is 0.374 e. The van der Waals surface area contributed by atoms with Crippen LogP contribution in [0.4, 0.5) is 11.4 Å². The second kappa shape index (κ2) is 6.22. The normalized spacial score (nSPS) is 16.5. The Morgan fingerprint density at radius 2 is 1.82 bits per heavy atom. The monoisotopic (exact) mass is 294 g/mol. The van der Waals surface area contributed by atoms with E-state index < -0.39 is 0 Å². The lowest BCUT2D eigenvalue weighted by molar-refractivity contribution is -0.118. The van der Waals surface area contributed by atoms with Crippen LogP contribution in [0, 0.1) is 0 Å². The zero-order valence-corrected chi connectivity index (χ0v) is 13.2. The van der Waals surface area contributed by atoms with E-state index in [2.05, 4.69) is 36.1 Å². The van der Waals surface area contributed by atoms with Crippen molar-refractivity contribution in [3.8, 4) is 0 Å². The molecule has 2 aromatic carbocycles. The van der Waals surface area contributed by atoms with Crippen LogP contribution in [-0.4, -0.2) is 25.5 Å². The van der Waals surface area contributed by atoms with Gasteiger partial charge in [0.2, 0.25) is 5.91 Å². The molecule has 2 aromatic rings. The number of fused-ring (bicyclic) bond motifs is 1. The fourth-order valence-corrected chi connectivity index (χ4v) is 3.14. The highest BCUT2D eigenvalue weighted by molar-refractivity contribution is 5.96. The van der Waals surface area contributed by atoms with E-state index in [1.54, 1.807) is 0 Å². The van der Waals surface area contributed by atoms with E-state index in [4.69, 9.17) is 0 Å². The zero-order chi connectivity index (χ0) is 15.5. The average Bonchev–Trinajstić information content (AvgIpc) is 2.89. The van der Waals surface area contributed by atoms with Crippen molar-refractivity contribution < 1.29 is 4.79 Å². The molecule has 1 amide bonds. The van der Waals surface area contributed by atoms with E-state index in [1.165, 1.54) is 5.56 Å². The zero-order valence-electron chi connectivity index (χ0n) is 13.2. The predicted molar refractivity (Wildman–Crippen MR) is 91.4 cm³/mol. The van der Waals surface area contributed by atoms with Crippen molar-refractivity contribution in [3.63, 3.8) is 0 Å². The van der Waals surface area contributed by atoms with Gasteiger partial charge in [0.1, 0.15) is 0 Å². The van der Waals surface area contributed by atoms with Crippen LogP contribution >= 0.6 is 0 Å². The van der Waals surface area contributed by atoms with E-state index in [9.17, 15) is 4.79 Å². The number of benzene rings is 2. The van der Waals surface area contributed by atoms with Crippen LogP contribution in [0.1, 0.15) is 18.9 Å². The summed E-state index contributed by atoms with van der Waals surface area (Å²) in [5.74, 6) is 0.209. The third-order valence-corrected chi connectivity index (χ3v) is 4.33. The molecule has 0 fully saturated rings. The van der Waals surface area contributed by atoms with Crippen molar-refractivity contribution in [1.29, 1.82) is 0 Å². The Labute approximate surface area is 132 Å². The van der Waals surface area contributed by atoms with Gasteiger partial charge < -0.3 is 9.80 Å². The van der Waals surface area contributed by atoms with Crippen LogP contribution in [0.2, 0.25) is 0 Å². The summed E-state index contributed by atoms with van der Waals surface area (Å²) in [5, 5.41) is 0. The number of amides is 1. The highest BCUT2D eigenvalue weighted by Gasteiger charge is 2.30. The molecule has 114 valence electrons. The molecule has 0 aliphatic carbocycles. The van der Waals surface area contributed by atoms with Crippen LogP contribution in [0.15, 0.2) is 54.6 Å². The highest BCUT2D eigenvalue weighted by atomic mass is 16.2. The summed E-state index contributed by atoms with van der Waals surface area (Å²) >= 11 is 0. The molecule has 0 bridgehead atoms. The molecule has 1 unspecified atom stereocenters. The lowest BCUT2D eigenvalue weighted by Crippen LogP contribution is -2.37. The maximum atomic E-state index is 12.7. The molecule has 0 aromatic heterocycles. The van der Waals surface area contributed by atoms with Gasteiger partial charge in [-0.1, -0.05) is 36.4 Å². The first-order valence-electron chi connectivity index (χ1n) is 7.83. The Kier molecular flexibility index (Phi) is 4.14. The topological polar surface area (TPSA) is 23.6 Å². The maximum absolute atomic E-state index is 12.7. The molecule has 0 N–H and O–H groups in total. The number of anilines is 2. The molecule has 1 atom stereocenters. The van der Waals surface area contributed by atoms with Gasteiger partial charge in [0.15, 0.2) is 0 Å². The minimum absolute atomic E-state index is 0.209. The summed E-state index contributed by atoms with van der Waals surface area (Å²) < 4.78 is 0. The van der Waals surface area contributed by atoms with E-state index in [-0.39, 0.29) is 11.9 Å². The summed E-state index contributed by atoms with van der Waals surface area (Å²) in [6.07, 6.45) is 1.49. The van der Waals surface area contributed by atoms with Crippen molar-refractivity contribution in [2.75, 3.05) is 23.4 Å². The maximum Gasteiger partial charge on any atom is 0.229 e. The number of nitrogens with zero attached hydrogens (tertiary/aromatic N) is 2. The molecule has 3 rings (SSSR count). The standard InChI is InChI=1S/C19H22N2O/c1-15-14-16-8-6-7-11-18(16)21(15)19(22)12-13-20(2)17-9-4-3-5-10-17/h3-11,15H,12-14H2,1-2H3. The molecule has 3 heteroatoms. The molecular formula is C19H22N2O. The molecule has 1 heterocycles. The van der Waals surface area contributed by atoms with Gasteiger partial charge in [-0.3, -0.25) is 4.79 Å². The Bertz CT molecular complexity index is 653. The minimum Gasteiger partial charge on any atom is -0.374 e. The van der Waals surface area contributed by atoms with Crippen molar-refractivity contribution in [1.82, 2.24) is 0 Å². The summed E-state index contributed by atoms with van der Waals surface area (Å²) in [6.45, 7) is 2.85. The van der Waals surface area contributed by atoms with Crippen LogP contribution < -0.4 is 9.80 Å². The average molecular weight is 294 g/mol. The second-order valence-corrected chi connectivity index (χ2v) is 5.95. The molecule has 1 aliphatic rings. The van der Waals surface area contributed by atoms with Gasteiger partial charge >= 0.3 is 0 Å². The van der Waals surface area contributed by atoms with Gasteiger partial charge in [-0.25, -0.2) is 0 Å². The van der Waals surface area contributed by atoms with Crippen molar-refractivity contribution >= 4 is 17.3 Å². The number of rotatable bonds is 4. The van der Waals surface area contributed by atoms with Crippen LogP contribution in [0.25, 0.3) is 0 Å². The number of carbonyl (C=O) groups excluding carboxylic acids is 1. The first kappa shape index (κ1) is 14.6. The van der Waals surface area contributed by atoms with Crippen molar-refractivity contribution in [2.45, 2.75) is 25.8 Å². The number of carbonyl (C=O) groups is 1. The third-order valence-electron chi connectivity index (χ3n) is 4.33. The Balaban J connectivity index is 1.65. The minimum atomic E-state index is 0.209. The summed E-state index contributed by atoms with van der Waals surface area (Å²) in [4.78, 5) is 16.7. The molecule has 0 spiro atoms. The van der Waals surface area contributed by atoms with Crippen LogP contribution in [0.3, 0.4) is 0 Å². The summed E-state index contributed by atoms with van der Waals surface area (Å²) in [6, 6.07) is 18.7. The predicted octanol–water partition coefficient (Wildman–Crippen LogP) is 3.49. The molecule has 0 saturated carbocycles. The molecular weight excluding hydrogens is 272 g/mol. The summed E-state index contributed by atoms with van der Waals surface area (Å²) in [7, 11) is 2.03. The van der Waals surface area contributed by atoms with E-state index in [1.807, 2.05) is 42.3 Å². The molecule has 0 radical (unpaired) electrons. The second-order valence-electron chi connectivity index (χ2n) is 5.95. The van der Waals surface area contributed by atoms with Gasteiger partial charge in [-0.05, 0) is 37.1 Å². The Morgan fingerprint density at radius 3 is 2.59 bits per heavy atom. The fraction of sp³-hybridized carbons (Fsp3) is 0.316. The molecule has 3 nitrogen and oxygen atoms in total. The molecule has 0 saturated heterocycles. The lowest BCUT2D eigenvalue weighted by Gasteiger charge is -2.25. The van der Waals surface area contributed by atoms with E-state index in [0.29, 0.717) is 6.42 Å². The number of hydrogen-bond donors (Lipinski definition) is 0. The first-order valence-corrected chi connectivity index (χ1v) is 7.83. The van der Waals surface area contributed by atoms with Gasteiger partial charge in [0, 0.05) is 37.4 Å². The van der Waals surface area contributed by atoms with Crippen LogP contribution in [0.5, 0.6) is 0 Å². The quantitative estimate of drug-likeness (QED) is 0.862.